The van der Waals surface area contributed by atoms with Crippen molar-refractivity contribution >= 4 is 11.8 Å². The third kappa shape index (κ3) is 3.25. The lowest BCUT2D eigenvalue weighted by Gasteiger charge is -2.36. The fraction of sp³-hybridized carbons (Fsp3) is 0.333. The Morgan fingerprint density at radius 3 is 2.30 bits per heavy atom. The zero-order chi connectivity index (χ0) is 13.8. The van der Waals surface area contributed by atoms with Gasteiger partial charge in [-0.2, -0.15) is 0 Å². The summed E-state index contributed by atoms with van der Waals surface area (Å²) in [5.41, 5.74) is 1.48. The quantitative estimate of drug-likeness (QED) is 0.827. The van der Waals surface area contributed by atoms with Gasteiger partial charge in [-0.05, 0) is 37.7 Å². The van der Waals surface area contributed by atoms with Gasteiger partial charge in [-0.1, -0.05) is 48.5 Å². The first-order valence-electron chi connectivity index (χ1n) is 7.28. The first-order valence-corrected chi connectivity index (χ1v) is 8.16. The highest BCUT2D eigenvalue weighted by Gasteiger charge is 2.29. The van der Waals surface area contributed by atoms with E-state index in [1.165, 1.54) is 23.4 Å². The lowest BCUT2D eigenvalue weighted by Crippen LogP contribution is -2.38. The minimum atomic E-state index is 0.625. The van der Waals surface area contributed by atoms with Crippen LogP contribution in [0.3, 0.4) is 0 Å². The van der Waals surface area contributed by atoms with Crippen LogP contribution in [-0.2, 0) is 0 Å². The standard InChI is InChI=1S/C18H21NS/c1-19-13-12-18(20-16-10-6-3-7-11-16)17(14-19)15-8-4-2-5-9-15/h2-11,17-18H,12-14H2,1H3/t17-,18-/m0/s1. The van der Waals surface area contributed by atoms with Gasteiger partial charge in [0.05, 0.1) is 0 Å². The second kappa shape index (κ2) is 6.47. The summed E-state index contributed by atoms with van der Waals surface area (Å²) < 4.78 is 0. The molecule has 0 saturated carbocycles. The van der Waals surface area contributed by atoms with Crippen LogP contribution in [0.5, 0.6) is 0 Å². The zero-order valence-corrected chi connectivity index (χ0v) is 12.7. The highest BCUT2D eigenvalue weighted by Crippen LogP contribution is 2.38. The summed E-state index contributed by atoms with van der Waals surface area (Å²) in [5, 5.41) is 0.677. The van der Waals surface area contributed by atoms with Gasteiger partial charge in [0.25, 0.3) is 0 Å². The second-order valence-corrected chi connectivity index (χ2v) is 6.85. The molecule has 0 unspecified atom stereocenters. The third-order valence-corrected chi connectivity index (χ3v) is 5.42. The van der Waals surface area contributed by atoms with Gasteiger partial charge in [-0.15, -0.1) is 11.8 Å². The number of likely N-dealkylation sites (tertiary alicyclic amines) is 1. The summed E-state index contributed by atoms with van der Waals surface area (Å²) in [6.07, 6.45) is 1.26. The smallest absolute Gasteiger partial charge is 0.0187 e. The van der Waals surface area contributed by atoms with Crippen LogP contribution >= 0.6 is 11.8 Å². The van der Waals surface area contributed by atoms with E-state index in [-0.39, 0.29) is 0 Å². The van der Waals surface area contributed by atoms with Gasteiger partial charge < -0.3 is 4.90 Å². The zero-order valence-electron chi connectivity index (χ0n) is 11.9. The molecule has 20 heavy (non-hydrogen) atoms. The molecule has 0 bridgehead atoms. The van der Waals surface area contributed by atoms with Gasteiger partial charge in [-0.3, -0.25) is 0 Å². The van der Waals surface area contributed by atoms with Crippen LogP contribution in [0.15, 0.2) is 65.6 Å². The first-order chi connectivity index (χ1) is 9.83. The van der Waals surface area contributed by atoms with Gasteiger partial charge in [-0.25, -0.2) is 0 Å². The van der Waals surface area contributed by atoms with Gasteiger partial charge in [0.1, 0.15) is 0 Å². The highest BCUT2D eigenvalue weighted by atomic mass is 32.2. The molecular formula is C18H21NS. The van der Waals surface area contributed by atoms with E-state index in [1.54, 1.807) is 0 Å². The number of thioether (sulfide) groups is 1. The molecular weight excluding hydrogens is 262 g/mol. The van der Waals surface area contributed by atoms with Crippen molar-refractivity contribution < 1.29 is 0 Å². The SMILES string of the molecule is CN1CC[C@H](Sc2ccccc2)[C@H](c2ccccc2)C1. The number of hydrogen-bond acceptors (Lipinski definition) is 2. The molecule has 0 aromatic heterocycles. The van der Waals surface area contributed by atoms with E-state index in [2.05, 4.69) is 72.6 Å². The van der Waals surface area contributed by atoms with Crippen molar-refractivity contribution in [1.29, 1.82) is 0 Å². The predicted octanol–water partition coefficient (Wildman–Crippen LogP) is 4.27. The summed E-state index contributed by atoms with van der Waals surface area (Å²) in [4.78, 5) is 3.85. The predicted molar refractivity (Wildman–Crippen MR) is 87.4 cm³/mol. The molecule has 1 heterocycles. The highest BCUT2D eigenvalue weighted by molar-refractivity contribution is 8.00. The number of nitrogens with zero attached hydrogens (tertiary/aromatic N) is 1. The normalized spacial score (nSPS) is 23.6. The molecule has 0 aliphatic carbocycles. The van der Waals surface area contributed by atoms with Crippen LogP contribution < -0.4 is 0 Å². The van der Waals surface area contributed by atoms with Crippen LogP contribution in [0.2, 0.25) is 0 Å². The molecule has 0 amide bonds. The van der Waals surface area contributed by atoms with Crippen LogP contribution in [0.25, 0.3) is 0 Å². The van der Waals surface area contributed by atoms with Crippen molar-refractivity contribution in [3.63, 3.8) is 0 Å². The van der Waals surface area contributed by atoms with Gasteiger partial charge in [0, 0.05) is 22.6 Å². The monoisotopic (exact) mass is 283 g/mol. The van der Waals surface area contributed by atoms with E-state index < -0.39 is 0 Å². The van der Waals surface area contributed by atoms with E-state index in [0.717, 1.165) is 6.54 Å². The Labute approximate surface area is 126 Å². The molecule has 2 heteroatoms. The Kier molecular flexibility index (Phi) is 4.44. The first kappa shape index (κ1) is 13.7. The molecule has 2 aromatic rings. The lowest BCUT2D eigenvalue weighted by molar-refractivity contribution is 0.256. The molecule has 1 fully saturated rings. The summed E-state index contributed by atoms with van der Waals surface area (Å²) in [6, 6.07) is 21.8. The maximum Gasteiger partial charge on any atom is 0.0187 e. The van der Waals surface area contributed by atoms with Gasteiger partial charge >= 0.3 is 0 Å². The molecule has 0 radical (unpaired) electrons. The van der Waals surface area contributed by atoms with Gasteiger partial charge in [0.2, 0.25) is 0 Å². The maximum absolute atomic E-state index is 2.46. The molecule has 3 rings (SSSR count). The second-order valence-electron chi connectivity index (χ2n) is 5.54. The minimum absolute atomic E-state index is 0.625. The van der Waals surface area contributed by atoms with Crippen LogP contribution in [-0.4, -0.2) is 30.3 Å². The largest absolute Gasteiger partial charge is 0.306 e. The van der Waals surface area contributed by atoms with Crippen molar-refractivity contribution in [3.05, 3.63) is 66.2 Å². The topological polar surface area (TPSA) is 3.24 Å². The van der Waals surface area contributed by atoms with Crippen LogP contribution in [0.4, 0.5) is 0 Å². The van der Waals surface area contributed by atoms with Crippen molar-refractivity contribution in [2.45, 2.75) is 22.5 Å². The number of rotatable bonds is 3. The lowest BCUT2D eigenvalue weighted by atomic mass is 9.90. The fourth-order valence-electron chi connectivity index (χ4n) is 2.93. The molecule has 1 nitrogen and oxygen atoms in total. The van der Waals surface area contributed by atoms with Crippen molar-refractivity contribution in [2.75, 3.05) is 20.1 Å². The molecule has 1 saturated heterocycles. The molecule has 0 N–H and O–H groups in total. The van der Waals surface area contributed by atoms with Crippen molar-refractivity contribution in [3.8, 4) is 0 Å². The van der Waals surface area contributed by atoms with Crippen molar-refractivity contribution in [2.24, 2.45) is 0 Å². The average molecular weight is 283 g/mol. The Bertz CT molecular complexity index is 526. The molecule has 2 atom stereocenters. The van der Waals surface area contributed by atoms with E-state index in [4.69, 9.17) is 0 Å². The Morgan fingerprint density at radius 1 is 0.950 bits per heavy atom. The third-order valence-electron chi connectivity index (χ3n) is 4.01. The molecule has 104 valence electrons. The van der Waals surface area contributed by atoms with E-state index in [1.807, 2.05) is 11.8 Å². The molecule has 0 spiro atoms. The Morgan fingerprint density at radius 2 is 1.60 bits per heavy atom. The van der Waals surface area contributed by atoms with E-state index in [0.29, 0.717) is 11.2 Å². The molecule has 1 aliphatic rings. The van der Waals surface area contributed by atoms with Crippen molar-refractivity contribution in [1.82, 2.24) is 4.90 Å². The fourth-order valence-corrected chi connectivity index (χ4v) is 4.22. The summed E-state index contributed by atoms with van der Waals surface area (Å²) in [6.45, 7) is 2.36. The average Bonchev–Trinajstić information content (AvgIpc) is 2.51. The van der Waals surface area contributed by atoms with Crippen LogP contribution in [0, 0.1) is 0 Å². The molecule has 1 aliphatic heterocycles. The summed E-state index contributed by atoms with van der Waals surface area (Å²) >= 11 is 2.04. The number of likely N-dealkylation sites (N-methyl/N-ethyl adjacent to an activating group) is 1. The minimum Gasteiger partial charge on any atom is -0.306 e. The van der Waals surface area contributed by atoms with E-state index >= 15 is 0 Å². The Hall–Kier alpha value is -1.25. The summed E-state index contributed by atoms with van der Waals surface area (Å²) in [7, 11) is 2.24. The Balaban J connectivity index is 1.80. The number of benzene rings is 2. The number of hydrogen-bond donors (Lipinski definition) is 0. The maximum atomic E-state index is 2.46. The number of piperidine rings is 1. The van der Waals surface area contributed by atoms with Gasteiger partial charge in [0.15, 0.2) is 0 Å². The summed E-state index contributed by atoms with van der Waals surface area (Å²) in [5.74, 6) is 0.625. The van der Waals surface area contributed by atoms with Crippen LogP contribution in [0.1, 0.15) is 17.9 Å². The molecule has 2 aromatic carbocycles. The van der Waals surface area contributed by atoms with E-state index in [9.17, 15) is 0 Å².